The number of urea groups is 1. The molecule has 0 aliphatic rings. The number of hydrogen-bond acceptors (Lipinski definition) is 4. The third-order valence-electron chi connectivity index (χ3n) is 2.99. The molecular formula is C15H13N3O2S. The average Bonchev–Trinajstić information content (AvgIpc) is 2.73. The summed E-state index contributed by atoms with van der Waals surface area (Å²) in [5.74, 6) is -0.489. The summed E-state index contributed by atoms with van der Waals surface area (Å²) >= 11 is 1.31. The Morgan fingerprint density at radius 3 is 2.48 bits per heavy atom. The van der Waals surface area contributed by atoms with Gasteiger partial charge in [0.25, 0.3) is 5.91 Å². The van der Waals surface area contributed by atoms with Gasteiger partial charge in [-0.25, -0.2) is 4.79 Å². The van der Waals surface area contributed by atoms with Crippen molar-refractivity contribution in [2.24, 2.45) is 0 Å². The highest BCUT2D eigenvalue weighted by Crippen LogP contribution is 2.31. The van der Waals surface area contributed by atoms with Crippen LogP contribution in [0.2, 0.25) is 0 Å². The molecule has 0 spiro atoms. The second kappa shape index (κ2) is 6.20. The fourth-order valence-corrected chi connectivity index (χ4v) is 2.75. The monoisotopic (exact) mass is 299 g/mol. The minimum absolute atomic E-state index is 0.395. The summed E-state index contributed by atoms with van der Waals surface area (Å²) in [6.45, 7) is 3.70. The zero-order valence-corrected chi connectivity index (χ0v) is 12.4. The Balaban J connectivity index is 2.08. The molecule has 0 bridgehead atoms. The van der Waals surface area contributed by atoms with E-state index in [0.29, 0.717) is 16.1 Å². The number of imide groups is 1. The van der Waals surface area contributed by atoms with E-state index in [1.54, 1.807) is 30.3 Å². The van der Waals surface area contributed by atoms with Gasteiger partial charge in [0.2, 0.25) is 0 Å². The lowest BCUT2D eigenvalue weighted by atomic mass is 10.2. The van der Waals surface area contributed by atoms with Crippen LogP contribution in [0.1, 0.15) is 26.4 Å². The van der Waals surface area contributed by atoms with Crippen LogP contribution in [0, 0.1) is 25.2 Å². The molecule has 1 aromatic heterocycles. The predicted octanol–water partition coefficient (Wildman–Crippen LogP) is 3.20. The van der Waals surface area contributed by atoms with Gasteiger partial charge in [-0.05, 0) is 31.5 Å². The van der Waals surface area contributed by atoms with Crippen molar-refractivity contribution in [3.05, 3.63) is 51.9 Å². The third-order valence-corrected chi connectivity index (χ3v) is 4.11. The topological polar surface area (TPSA) is 82.0 Å². The Morgan fingerprint density at radius 2 is 1.86 bits per heavy atom. The predicted molar refractivity (Wildman–Crippen MR) is 81.4 cm³/mol. The van der Waals surface area contributed by atoms with Crippen molar-refractivity contribution < 1.29 is 9.59 Å². The molecule has 0 unspecified atom stereocenters. The number of benzene rings is 1. The first-order chi connectivity index (χ1) is 10.0. The van der Waals surface area contributed by atoms with Crippen molar-refractivity contribution in [2.75, 3.05) is 5.32 Å². The molecule has 2 N–H and O–H groups in total. The molecule has 2 rings (SSSR count). The first kappa shape index (κ1) is 14.8. The van der Waals surface area contributed by atoms with E-state index in [9.17, 15) is 9.59 Å². The smallest absolute Gasteiger partial charge is 0.298 e. The van der Waals surface area contributed by atoms with E-state index in [0.717, 1.165) is 10.4 Å². The van der Waals surface area contributed by atoms with Gasteiger partial charge >= 0.3 is 6.03 Å². The molecule has 0 saturated heterocycles. The van der Waals surface area contributed by atoms with Gasteiger partial charge in [0.15, 0.2) is 0 Å². The quantitative estimate of drug-likeness (QED) is 0.893. The number of thiophene rings is 1. The molecule has 3 amide bonds. The number of carbonyl (C=O) groups excluding carboxylic acids is 2. The Labute approximate surface area is 126 Å². The van der Waals surface area contributed by atoms with Crippen LogP contribution in [0.15, 0.2) is 30.3 Å². The second-order valence-corrected chi connectivity index (χ2v) is 5.60. The van der Waals surface area contributed by atoms with Gasteiger partial charge in [-0.3, -0.25) is 15.4 Å². The molecule has 2 aromatic rings. The summed E-state index contributed by atoms with van der Waals surface area (Å²) < 4.78 is 0. The van der Waals surface area contributed by atoms with E-state index in [4.69, 9.17) is 5.26 Å². The molecule has 1 heterocycles. The molecule has 1 aromatic carbocycles. The number of aryl methyl sites for hydroxylation is 1. The normalized spacial score (nSPS) is 9.76. The Kier molecular flexibility index (Phi) is 4.36. The zero-order valence-electron chi connectivity index (χ0n) is 11.6. The number of hydrogen-bond donors (Lipinski definition) is 2. The third kappa shape index (κ3) is 3.27. The van der Waals surface area contributed by atoms with E-state index in [-0.39, 0.29) is 0 Å². The fourth-order valence-electron chi connectivity index (χ4n) is 1.75. The maximum atomic E-state index is 11.8. The maximum absolute atomic E-state index is 11.8. The van der Waals surface area contributed by atoms with Gasteiger partial charge in [0.05, 0.1) is 5.56 Å². The van der Waals surface area contributed by atoms with Crippen molar-refractivity contribution in [1.29, 1.82) is 5.26 Å². The van der Waals surface area contributed by atoms with Crippen molar-refractivity contribution in [3.8, 4) is 6.07 Å². The summed E-state index contributed by atoms with van der Waals surface area (Å²) in [4.78, 5) is 24.6. The molecule has 106 valence electrons. The number of nitriles is 1. The number of nitrogens with zero attached hydrogens (tertiary/aromatic N) is 1. The lowest BCUT2D eigenvalue weighted by molar-refractivity contribution is 0.0967. The van der Waals surface area contributed by atoms with E-state index >= 15 is 0 Å². The molecule has 21 heavy (non-hydrogen) atoms. The Hall–Kier alpha value is -2.65. The van der Waals surface area contributed by atoms with Gasteiger partial charge in [0.1, 0.15) is 11.1 Å². The minimum Gasteiger partial charge on any atom is -0.298 e. The molecule has 0 fully saturated rings. The molecule has 0 aliphatic heterocycles. The van der Waals surface area contributed by atoms with Crippen LogP contribution in [0.5, 0.6) is 0 Å². The van der Waals surface area contributed by atoms with Gasteiger partial charge < -0.3 is 0 Å². The van der Waals surface area contributed by atoms with Crippen LogP contribution in [-0.2, 0) is 0 Å². The Bertz CT molecular complexity index is 729. The second-order valence-electron chi connectivity index (χ2n) is 4.37. The molecule has 5 nitrogen and oxygen atoms in total. The van der Waals surface area contributed by atoms with Crippen LogP contribution in [0.4, 0.5) is 9.80 Å². The first-order valence-corrected chi connectivity index (χ1v) is 7.02. The molecule has 6 heteroatoms. The number of rotatable bonds is 2. The van der Waals surface area contributed by atoms with Gasteiger partial charge in [0, 0.05) is 10.4 Å². The minimum atomic E-state index is -0.651. The van der Waals surface area contributed by atoms with Crippen molar-refractivity contribution in [1.82, 2.24) is 5.32 Å². The van der Waals surface area contributed by atoms with E-state index in [1.807, 2.05) is 13.8 Å². The molecular weight excluding hydrogens is 286 g/mol. The molecule has 0 atom stereocenters. The van der Waals surface area contributed by atoms with Crippen LogP contribution in [-0.4, -0.2) is 11.9 Å². The lowest BCUT2D eigenvalue weighted by Gasteiger charge is -2.05. The van der Waals surface area contributed by atoms with Crippen molar-refractivity contribution in [2.45, 2.75) is 13.8 Å². The summed E-state index contributed by atoms with van der Waals surface area (Å²) in [6, 6.07) is 9.85. The van der Waals surface area contributed by atoms with Crippen LogP contribution in [0.25, 0.3) is 0 Å². The van der Waals surface area contributed by atoms with Gasteiger partial charge in [-0.2, -0.15) is 5.26 Å². The largest absolute Gasteiger partial charge is 0.326 e. The fraction of sp³-hybridized carbons (Fsp3) is 0.133. The number of amides is 3. The van der Waals surface area contributed by atoms with Gasteiger partial charge in [-0.1, -0.05) is 18.2 Å². The van der Waals surface area contributed by atoms with E-state index < -0.39 is 11.9 Å². The summed E-state index contributed by atoms with van der Waals surface area (Å²) in [7, 11) is 0. The van der Waals surface area contributed by atoms with Crippen LogP contribution in [0.3, 0.4) is 0 Å². The summed E-state index contributed by atoms with van der Waals surface area (Å²) in [6.07, 6.45) is 0. The van der Waals surface area contributed by atoms with Crippen LogP contribution < -0.4 is 10.6 Å². The standard InChI is InChI=1S/C15H13N3O2S/c1-9-10(2)21-14(12(9)8-16)18-15(20)17-13(19)11-6-4-3-5-7-11/h3-7H,1-2H3,(H2,17,18,19,20). The van der Waals surface area contributed by atoms with Gasteiger partial charge in [-0.15, -0.1) is 11.3 Å². The highest BCUT2D eigenvalue weighted by molar-refractivity contribution is 7.16. The first-order valence-electron chi connectivity index (χ1n) is 6.20. The summed E-state index contributed by atoms with van der Waals surface area (Å²) in [5.41, 5.74) is 1.67. The van der Waals surface area contributed by atoms with Crippen molar-refractivity contribution in [3.63, 3.8) is 0 Å². The van der Waals surface area contributed by atoms with Crippen molar-refractivity contribution >= 4 is 28.3 Å². The number of carbonyl (C=O) groups is 2. The molecule has 0 saturated carbocycles. The highest BCUT2D eigenvalue weighted by atomic mass is 32.1. The summed E-state index contributed by atoms with van der Waals surface area (Å²) in [5, 5.41) is 14.3. The zero-order chi connectivity index (χ0) is 15.4. The maximum Gasteiger partial charge on any atom is 0.326 e. The highest BCUT2D eigenvalue weighted by Gasteiger charge is 2.16. The number of nitrogens with one attached hydrogen (secondary N) is 2. The van der Waals surface area contributed by atoms with Crippen LogP contribution >= 0.6 is 11.3 Å². The molecule has 0 radical (unpaired) electrons. The van der Waals surface area contributed by atoms with E-state index in [1.165, 1.54) is 11.3 Å². The Morgan fingerprint density at radius 1 is 1.19 bits per heavy atom. The average molecular weight is 299 g/mol. The molecule has 0 aliphatic carbocycles. The SMILES string of the molecule is Cc1sc(NC(=O)NC(=O)c2ccccc2)c(C#N)c1C. The lowest BCUT2D eigenvalue weighted by Crippen LogP contribution is -2.34. The van der Waals surface area contributed by atoms with E-state index in [2.05, 4.69) is 16.7 Å². The number of anilines is 1.